The molecule has 1 N–H and O–H groups in total. The lowest BCUT2D eigenvalue weighted by atomic mass is 10.1. The van der Waals surface area contributed by atoms with Crippen molar-refractivity contribution in [3.05, 3.63) is 42.4 Å². The maximum atomic E-state index is 15.0. The molecule has 0 amide bonds. The second kappa shape index (κ2) is 8.62. The van der Waals surface area contributed by atoms with Gasteiger partial charge in [-0.05, 0) is 43.2 Å². The first kappa shape index (κ1) is 21.6. The Hall–Kier alpha value is -3.20. The number of nitrogens with zero attached hydrogens (tertiary/aromatic N) is 6. The van der Waals surface area contributed by atoms with Gasteiger partial charge in [0.25, 0.3) is 0 Å². The number of piperazine rings is 1. The normalized spacial score (nSPS) is 17.3. The standard InChI is InChI=1S/C24H29FN6O2/c1-29(14-15-32)17-5-6-19-18(16-17)21(28-23(27-19)24(25)7-8-24)30-10-12-31(13-11-30)22-20(33-2)4-3-9-26-22/h3-6,9,16,32H,7-8,10-15H2,1-2H3. The zero-order chi connectivity index (χ0) is 23.0. The fourth-order valence-corrected chi connectivity index (χ4v) is 4.30. The van der Waals surface area contributed by atoms with E-state index in [2.05, 4.69) is 19.8 Å². The number of methoxy groups -OCH3 is 1. The van der Waals surface area contributed by atoms with Crippen molar-refractivity contribution in [3.63, 3.8) is 0 Å². The molecule has 1 aliphatic carbocycles. The molecule has 0 bridgehead atoms. The number of hydrogen-bond acceptors (Lipinski definition) is 8. The van der Waals surface area contributed by atoms with Crippen LogP contribution in [-0.2, 0) is 5.67 Å². The molecule has 0 radical (unpaired) electrons. The van der Waals surface area contributed by atoms with E-state index < -0.39 is 5.67 Å². The van der Waals surface area contributed by atoms with Gasteiger partial charge >= 0.3 is 0 Å². The molecule has 2 aliphatic rings. The number of aromatic nitrogens is 3. The van der Waals surface area contributed by atoms with E-state index in [1.54, 1.807) is 13.3 Å². The van der Waals surface area contributed by atoms with E-state index in [0.29, 0.717) is 19.4 Å². The van der Waals surface area contributed by atoms with Crippen molar-refractivity contribution in [1.29, 1.82) is 0 Å². The molecule has 0 spiro atoms. The molecule has 33 heavy (non-hydrogen) atoms. The number of fused-ring (bicyclic) bond motifs is 1. The highest BCUT2D eigenvalue weighted by Crippen LogP contribution is 2.49. The third-order valence-corrected chi connectivity index (χ3v) is 6.47. The van der Waals surface area contributed by atoms with Gasteiger partial charge in [-0.15, -0.1) is 0 Å². The molecular weight excluding hydrogens is 423 g/mol. The summed E-state index contributed by atoms with van der Waals surface area (Å²) < 4.78 is 20.5. The number of likely N-dealkylation sites (N-methyl/N-ethyl adjacent to an activating group) is 1. The van der Waals surface area contributed by atoms with E-state index in [9.17, 15) is 9.50 Å². The largest absolute Gasteiger partial charge is 0.493 e. The van der Waals surface area contributed by atoms with Crippen molar-refractivity contribution in [3.8, 4) is 5.75 Å². The van der Waals surface area contributed by atoms with Crippen molar-refractivity contribution < 1.29 is 14.2 Å². The molecule has 1 saturated heterocycles. The van der Waals surface area contributed by atoms with Crippen LogP contribution in [0.4, 0.5) is 21.7 Å². The molecule has 2 aromatic heterocycles. The van der Waals surface area contributed by atoms with Crippen LogP contribution in [0.15, 0.2) is 36.5 Å². The molecule has 174 valence electrons. The molecular formula is C24H29FN6O2. The zero-order valence-corrected chi connectivity index (χ0v) is 19.0. The number of aliphatic hydroxyl groups is 1. The summed E-state index contributed by atoms with van der Waals surface area (Å²) in [6.45, 7) is 3.54. The zero-order valence-electron chi connectivity index (χ0n) is 19.0. The lowest BCUT2D eigenvalue weighted by Crippen LogP contribution is -2.47. The number of alkyl halides is 1. The molecule has 0 atom stereocenters. The Kier molecular flexibility index (Phi) is 5.65. The van der Waals surface area contributed by atoms with E-state index >= 15 is 0 Å². The molecule has 8 nitrogen and oxygen atoms in total. The Morgan fingerprint density at radius 2 is 1.82 bits per heavy atom. The average molecular weight is 453 g/mol. The maximum Gasteiger partial charge on any atom is 0.171 e. The maximum absolute atomic E-state index is 15.0. The highest BCUT2D eigenvalue weighted by molar-refractivity contribution is 5.92. The molecule has 1 aromatic carbocycles. The lowest BCUT2D eigenvalue weighted by molar-refractivity contribution is 0.301. The number of aliphatic hydroxyl groups excluding tert-OH is 1. The second-order valence-electron chi connectivity index (χ2n) is 8.69. The van der Waals surface area contributed by atoms with Crippen molar-refractivity contribution in [1.82, 2.24) is 15.0 Å². The first-order chi connectivity index (χ1) is 16.0. The van der Waals surface area contributed by atoms with Crippen LogP contribution >= 0.6 is 0 Å². The summed E-state index contributed by atoms with van der Waals surface area (Å²) in [6, 6.07) is 9.70. The summed E-state index contributed by atoms with van der Waals surface area (Å²) in [5, 5.41) is 10.2. The number of pyridine rings is 1. The van der Waals surface area contributed by atoms with Crippen molar-refractivity contribution in [2.24, 2.45) is 0 Å². The van der Waals surface area contributed by atoms with Crippen molar-refractivity contribution in [2.45, 2.75) is 18.5 Å². The topological polar surface area (TPSA) is 77.9 Å². The quantitative estimate of drug-likeness (QED) is 0.587. The van der Waals surface area contributed by atoms with Gasteiger partial charge in [-0.2, -0.15) is 0 Å². The van der Waals surface area contributed by atoms with Crippen LogP contribution in [0.5, 0.6) is 5.75 Å². The predicted octanol–water partition coefficient (Wildman–Crippen LogP) is 2.75. The molecule has 1 aliphatic heterocycles. The summed E-state index contributed by atoms with van der Waals surface area (Å²) in [5.74, 6) is 2.65. The molecule has 1 saturated carbocycles. The minimum atomic E-state index is -1.40. The monoisotopic (exact) mass is 452 g/mol. The molecule has 9 heteroatoms. The number of hydrogen-bond donors (Lipinski definition) is 1. The Balaban J connectivity index is 1.48. The van der Waals surface area contributed by atoms with Gasteiger partial charge in [0.05, 0.1) is 19.2 Å². The van der Waals surface area contributed by atoms with E-state index in [1.165, 1.54) is 0 Å². The van der Waals surface area contributed by atoms with Crippen LogP contribution in [0, 0.1) is 0 Å². The Morgan fingerprint density at radius 1 is 1.09 bits per heavy atom. The Morgan fingerprint density at radius 3 is 2.48 bits per heavy atom. The highest BCUT2D eigenvalue weighted by atomic mass is 19.1. The number of benzene rings is 1. The average Bonchev–Trinajstić information content (AvgIpc) is 3.61. The third-order valence-electron chi connectivity index (χ3n) is 6.47. The van der Waals surface area contributed by atoms with Crippen molar-refractivity contribution >= 4 is 28.2 Å². The fraction of sp³-hybridized carbons (Fsp3) is 0.458. The van der Waals surface area contributed by atoms with Gasteiger partial charge in [-0.25, -0.2) is 19.3 Å². The molecule has 3 aromatic rings. The van der Waals surface area contributed by atoms with E-state index in [-0.39, 0.29) is 12.4 Å². The number of anilines is 3. The Labute approximate surface area is 192 Å². The first-order valence-corrected chi connectivity index (χ1v) is 11.3. The fourth-order valence-electron chi connectivity index (χ4n) is 4.30. The number of halogens is 1. The molecule has 5 rings (SSSR count). The van der Waals surface area contributed by atoms with Crippen LogP contribution in [0.1, 0.15) is 18.7 Å². The van der Waals surface area contributed by atoms with Gasteiger partial charge in [-0.1, -0.05) is 0 Å². The second-order valence-corrected chi connectivity index (χ2v) is 8.69. The van der Waals surface area contributed by atoms with Crippen LogP contribution in [0.25, 0.3) is 10.9 Å². The SMILES string of the molecule is COc1cccnc1N1CCN(c2nc(C3(F)CC3)nc3ccc(N(C)CCO)cc23)CC1. The van der Waals surface area contributed by atoms with Crippen LogP contribution in [0.2, 0.25) is 0 Å². The minimum Gasteiger partial charge on any atom is -0.493 e. The summed E-state index contributed by atoms with van der Waals surface area (Å²) in [5.41, 5.74) is 0.305. The van der Waals surface area contributed by atoms with Gasteiger partial charge in [0.1, 0.15) is 5.82 Å². The third kappa shape index (κ3) is 4.13. The highest BCUT2D eigenvalue weighted by Gasteiger charge is 2.48. The van der Waals surface area contributed by atoms with Crippen LogP contribution in [-0.4, -0.2) is 73.5 Å². The number of ether oxygens (including phenoxy) is 1. The van der Waals surface area contributed by atoms with Gasteiger partial charge in [0, 0.05) is 57.0 Å². The lowest BCUT2D eigenvalue weighted by Gasteiger charge is -2.37. The van der Waals surface area contributed by atoms with Gasteiger partial charge in [-0.3, -0.25) is 0 Å². The summed E-state index contributed by atoms with van der Waals surface area (Å²) in [4.78, 5) is 20.2. The van der Waals surface area contributed by atoms with Crippen LogP contribution in [0.3, 0.4) is 0 Å². The Bertz CT molecular complexity index is 1150. The minimum absolute atomic E-state index is 0.0696. The van der Waals surface area contributed by atoms with E-state index in [1.807, 2.05) is 42.3 Å². The summed E-state index contributed by atoms with van der Waals surface area (Å²) in [6.07, 6.45) is 2.72. The van der Waals surface area contributed by atoms with Gasteiger partial charge < -0.3 is 24.5 Å². The summed E-state index contributed by atoms with van der Waals surface area (Å²) >= 11 is 0. The van der Waals surface area contributed by atoms with Gasteiger partial charge in [0.15, 0.2) is 23.1 Å². The molecule has 3 heterocycles. The molecule has 2 fully saturated rings. The number of rotatable bonds is 7. The van der Waals surface area contributed by atoms with Crippen molar-refractivity contribution in [2.75, 3.05) is 68.2 Å². The summed E-state index contributed by atoms with van der Waals surface area (Å²) in [7, 11) is 3.59. The predicted molar refractivity (Wildman–Crippen MR) is 127 cm³/mol. The van der Waals surface area contributed by atoms with E-state index in [4.69, 9.17) is 9.72 Å². The first-order valence-electron chi connectivity index (χ1n) is 11.3. The van der Waals surface area contributed by atoms with Crippen LogP contribution < -0.4 is 19.4 Å². The van der Waals surface area contributed by atoms with Gasteiger partial charge in [0.2, 0.25) is 0 Å². The molecule has 0 unspecified atom stereocenters. The smallest absolute Gasteiger partial charge is 0.171 e. The van der Waals surface area contributed by atoms with E-state index in [0.717, 1.165) is 60.2 Å².